The number of likely N-dealkylation sites (tertiary alicyclic amines) is 1. The van der Waals surface area contributed by atoms with Crippen molar-refractivity contribution >= 4 is 11.8 Å². The van der Waals surface area contributed by atoms with E-state index >= 15 is 0 Å². The van der Waals surface area contributed by atoms with Crippen LogP contribution < -0.4 is 0 Å². The number of carbonyl (C=O) groups is 2. The van der Waals surface area contributed by atoms with E-state index in [1.165, 1.54) is 12.3 Å². The summed E-state index contributed by atoms with van der Waals surface area (Å²) >= 11 is 0. The molecule has 3 aliphatic rings. The Labute approximate surface area is 86.6 Å². The smallest absolute Gasteiger partial charge is 0.261 e. The van der Waals surface area contributed by atoms with E-state index in [0.29, 0.717) is 6.61 Å². The molecular formula is C9H12N2O4. The van der Waals surface area contributed by atoms with E-state index < -0.39 is 6.10 Å². The van der Waals surface area contributed by atoms with Crippen molar-refractivity contribution in [3.63, 3.8) is 0 Å². The number of hydrogen-bond acceptors (Lipinski definition) is 5. The number of fused-ring (bicyclic) bond motifs is 3. The molecule has 0 aromatic rings. The summed E-state index contributed by atoms with van der Waals surface area (Å²) in [5, 5.41) is 1.35. The zero-order chi connectivity index (χ0) is 10.6. The maximum atomic E-state index is 11.8. The molecule has 3 fully saturated rings. The summed E-state index contributed by atoms with van der Waals surface area (Å²) in [6.07, 6.45) is 1.08. The largest absolute Gasteiger partial charge is 0.283 e. The molecule has 2 amide bonds. The van der Waals surface area contributed by atoms with Gasteiger partial charge in [-0.2, -0.15) is 0 Å². The van der Waals surface area contributed by atoms with Gasteiger partial charge in [-0.1, -0.05) is 5.23 Å². The second-order valence-corrected chi connectivity index (χ2v) is 4.12. The number of imide groups is 1. The van der Waals surface area contributed by atoms with Crippen molar-refractivity contribution in [1.82, 2.24) is 10.1 Å². The molecule has 3 rings (SSSR count). The molecule has 3 aliphatic heterocycles. The Morgan fingerprint density at radius 1 is 1.33 bits per heavy atom. The average Bonchev–Trinajstić information content (AvgIpc) is 2.72. The molecule has 0 unspecified atom stereocenters. The van der Waals surface area contributed by atoms with Crippen LogP contribution in [-0.4, -0.2) is 47.7 Å². The van der Waals surface area contributed by atoms with Crippen LogP contribution in [0.4, 0.5) is 0 Å². The van der Waals surface area contributed by atoms with Crippen LogP contribution in [0.15, 0.2) is 0 Å². The van der Waals surface area contributed by atoms with E-state index in [1.54, 1.807) is 0 Å². The highest BCUT2D eigenvalue weighted by Crippen LogP contribution is 2.38. The first-order valence-electron chi connectivity index (χ1n) is 5.10. The first-order valence-corrected chi connectivity index (χ1v) is 5.10. The highest BCUT2D eigenvalue weighted by atomic mass is 17.0. The molecule has 82 valence electrons. The van der Waals surface area contributed by atoms with Gasteiger partial charge in [0.15, 0.2) is 6.10 Å². The van der Waals surface area contributed by atoms with E-state index in [0.717, 1.165) is 17.7 Å². The number of nitrogens with zero attached hydrogens (tertiary/aromatic N) is 2. The van der Waals surface area contributed by atoms with Gasteiger partial charge >= 0.3 is 0 Å². The van der Waals surface area contributed by atoms with Crippen LogP contribution in [0.3, 0.4) is 0 Å². The Kier molecular flexibility index (Phi) is 1.86. The number of likely N-dealkylation sites (N-methyl/N-ethyl adjacent to an activating group) is 1. The molecule has 0 radical (unpaired) electrons. The van der Waals surface area contributed by atoms with Gasteiger partial charge in [-0.15, -0.1) is 0 Å². The molecule has 0 aliphatic carbocycles. The molecule has 6 nitrogen and oxygen atoms in total. The molecule has 0 N–H and O–H groups in total. The predicted octanol–water partition coefficient (Wildman–Crippen LogP) is -0.689. The van der Waals surface area contributed by atoms with Crippen molar-refractivity contribution < 1.29 is 19.3 Å². The Hall–Kier alpha value is -0.980. The van der Waals surface area contributed by atoms with Crippen LogP contribution in [0, 0.1) is 5.92 Å². The highest BCUT2D eigenvalue weighted by molar-refractivity contribution is 6.06. The summed E-state index contributed by atoms with van der Waals surface area (Å²) in [7, 11) is 1.50. The number of hydroxylamine groups is 2. The molecule has 0 saturated carbocycles. The molecule has 6 heteroatoms. The molecule has 0 aromatic carbocycles. The van der Waals surface area contributed by atoms with Crippen molar-refractivity contribution in [2.75, 3.05) is 13.7 Å². The van der Waals surface area contributed by atoms with E-state index in [-0.39, 0.29) is 23.8 Å². The molecule has 0 aromatic heterocycles. The van der Waals surface area contributed by atoms with Crippen LogP contribution >= 0.6 is 0 Å². The Morgan fingerprint density at radius 3 is 2.93 bits per heavy atom. The average molecular weight is 212 g/mol. The lowest BCUT2D eigenvalue weighted by Crippen LogP contribution is -2.41. The third-order valence-corrected chi connectivity index (χ3v) is 3.28. The quantitative estimate of drug-likeness (QED) is 0.497. The standard InChI is InChI=1S/C9H12N2O4/c1-10-8(12)6-5-3-2-4-14-11(5)15-7(6)9(10)13/h5-7H,2-4H2,1H3/t5-,6-,7+/m1/s1. The van der Waals surface area contributed by atoms with E-state index in [9.17, 15) is 9.59 Å². The summed E-state index contributed by atoms with van der Waals surface area (Å²) in [6, 6.07) is -0.0925. The molecule has 3 atom stereocenters. The van der Waals surface area contributed by atoms with Crippen molar-refractivity contribution in [2.24, 2.45) is 5.92 Å². The fourth-order valence-electron chi connectivity index (χ4n) is 2.46. The van der Waals surface area contributed by atoms with Crippen molar-refractivity contribution in [1.29, 1.82) is 0 Å². The minimum Gasteiger partial charge on any atom is -0.283 e. The van der Waals surface area contributed by atoms with Gasteiger partial charge in [-0.25, -0.2) is 0 Å². The van der Waals surface area contributed by atoms with Gasteiger partial charge in [0.2, 0.25) is 5.91 Å². The van der Waals surface area contributed by atoms with Gasteiger partial charge in [0, 0.05) is 7.05 Å². The SMILES string of the molecule is CN1C(=O)[C@H]2[C@H](ON3OCCC[C@H]23)C1=O. The maximum Gasteiger partial charge on any atom is 0.261 e. The molecule has 3 saturated heterocycles. The zero-order valence-electron chi connectivity index (χ0n) is 8.38. The summed E-state index contributed by atoms with van der Waals surface area (Å²) in [4.78, 5) is 35.2. The van der Waals surface area contributed by atoms with Gasteiger partial charge in [-0.3, -0.25) is 24.2 Å². The van der Waals surface area contributed by atoms with E-state index in [2.05, 4.69) is 0 Å². The lowest BCUT2D eigenvalue weighted by molar-refractivity contribution is -0.378. The third kappa shape index (κ3) is 1.09. The minimum atomic E-state index is -0.661. The second-order valence-electron chi connectivity index (χ2n) is 4.12. The number of carbonyl (C=O) groups excluding carboxylic acids is 2. The van der Waals surface area contributed by atoms with Crippen molar-refractivity contribution in [3.8, 4) is 0 Å². The minimum absolute atomic E-state index is 0.0925. The number of hydrogen-bond donors (Lipinski definition) is 0. The lowest BCUT2D eigenvalue weighted by atomic mass is 9.93. The highest BCUT2D eigenvalue weighted by Gasteiger charge is 2.59. The summed E-state index contributed by atoms with van der Waals surface area (Å²) in [5.41, 5.74) is 0. The maximum absolute atomic E-state index is 11.8. The van der Waals surface area contributed by atoms with Crippen LogP contribution in [0.2, 0.25) is 0 Å². The summed E-state index contributed by atoms with van der Waals surface area (Å²) in [5.74, 6) is -0.784. The van der Waals surface area contributed by atoms with E-state index in [4.69, 9.17) is 9.68 Å². The van der Waals surface area contributed by atoms with Crippen LogP contribution in [0.25, 0.3) is 0 Å². The van der Waals surface area contributed by atoms with Crippen molar-refractivity contribution in [3.05, 3.63) is 0 Å². The third-order valence-electron chi connectivity index (χ3n) is 3.28. The number of amides is 2. The van der Waals surface area contributed by atoms with E-state index in [1.807, 2.05) is 0 Å². The first-order chi connectivity index (χ1) is 7.20. The molecular weight excluding hydrogens is 200 g/mol. The Bertz CT molecular complexity index is 332. The summed E-state index contributed by atoms with van der Waals surface area (Å²) < 4.78 is 0. The molecule has 0 spiro atoms. The van der Waals surface area contributed by atoms with Crippen LogP contribution in [0.1, 0.15) is 12.8 Å². The topological polar surface area (TPSA) is 59.1 Å². The molecule has 15 heavy (non-hydrogen) atoms. The van der Waals surface area contributed by atoms with Gasteiger partial charge in [0.1, 0.15) is 0 Å². The molecule has 0 bridgehead atoms. The molecule has 3 heterocycles. The zero-order valence-corrected chi connectivity index (χ0v) is 8.38. The number of rotatable bonds is 0. The monoisotopic (exact) mass is 212 g/mol. The Balaban J connectivity index is 1.92. The Morgan fingerprint density at radius 2 is 2.13 bits per heavy atom. The van der Waals surface area contributed by atoms with Gasteiger partial charge in [0.25, 0.3) is 5.91 Å². The second kappa shape index (κ2) is 3.01. The van der Waals surface area contributed by atoms with Crippen LogP contribution in [-0.2, 0) is 19.3 Å². The van der Waals surface area contributed by atoms with Gasteiger partial charge in [-0.05, 0) is 12.8 Å². The first kappa shape index (κ1) is 9.26. The van der Waals surface area contributed by atoms with Crippen LogP contribution in [0.5, 0.6) is 0 Å². The fourth-order valence-corrected chi connectivity index (χ4v) is 2.46. The predicted molar refractivity (Wildman–Crippen MR) is 47.0 cm³/mol. The lowest BCUT2D eigenvalue weighted by Gasteiger charge is -2.28. The normalized spacial score (nSPS) is 40.9. The summed E-state index contributed by atoms with van der Waals surface area (Å²) in [6.45, 7) is 0.591. The fraction of sp³-hybridized carbons (Fsp3) is 0.778. The van der Waals surface area contributed by atoms with Gasteiger partial charge < -0.3 is 0 Å². The van der Waals surface area contributed by atoms with Crippen molar-refractivity contribution in [2.45, 2.75) is 25.0 Å². The van der Waals surface area contributed by atoms with Gasteiger partial charge in [0.05, 0.1) is 18.6 Å².